The Kier molecular flexibility index (Phi) is 3.10. The van der Waals surface area contributed by atoms with Crippen LogP contribution in [0.3, 0.4) is 0 Å². The van der Waals surface area contributed by atoms with Gasteiger partial charge >= 0.3 is 0 Å². The summed E-state index contributed by atoms with van der Waals surface area (Å²) in [5, 5.41) is 3.18. The lowest BCUT2D eigenvalue weighted by molar-refractivity contribution is 0.601. The lowest BCUT2D eigenvalue weighted by Gasteiger charge is -2.10. The molecule has 0 aliphatic carbocycles. The summed E-state index contributed by atoms with van der Waals surface area (Å²) in [5.41, 5.74) is 2.83. The molecule has 3 rings (SSSR count). The fourth-order valence-electron chi connectivity index (χ4n) is 2.22. The molecule has 0 saturated carbocycles. The maximum atomic E-state index is 12.4. The summed E-state index contributed by atoms with van der Waals surface area (Å²) in [6.07, 6.45) is 2.50. The third kappa shape index (κ3) is 2.34. The molecule has 1 aliphatic heterocycles. The van der Waals surface area contributed by atoms with Gasteiger partial charge in [0.05, 0.1) is 4.90 Å². The highest BCUT2D eigenvalue weighted by atomic mass is 32.2. The first kappa shape index (κ1) is 12.9. The van der Waals surface area contributed by atoms with E-state index in [1.54, 1.807) is 24.4 Å². The van der Waals surface area contributed by atoms with Crippen LogP contribution < -0.4 is 10.0 Å². The number of nitrogens with one attached hydrogen (secondary N) is 2. The van der Waals surface area contributed by atoms with Crippen molar-refractivity contribution < 1.29 is 8.42 Å². The molecular weight excluding hydrogens is 274 g/mol. The van der Waals surface area contributed by atoms with Crippen LogP contribution in [0.5, 0.6) is 0 Å². The molecule has 1 aromatic carbocycles. The molecule has 0 bridgehead atoms. The highest BCUT2D eigenvalue weighted by Crippen LogP contribution is 2.26. The SMILES string of the molecule is Cc1cccnc1NS(=O)(=O)c1ccc2c(c1)NCC2. The van der Waals surface area contributed by atoms with Crippen LogP contribution in [0.25, 0.3) is 0 Å². The Morgan fingerprint density at radius 2 is 2.15 bits per heavy atom. The zero-order valence-corrected chi connectivity index (χ0v) is 11.9. The number of aromatic nitrogens is 1. The maximum absolute atomic E-state index is 12.4. The van der Waals surface area contributed by atoms with E-state index in [1.165, 1.54) is 0 Å². The Labute approximate surface area is 118 Å². The average molecular weight is 289 g/mol. The van der Waals surface area contributed by atoms with E-state index in [2.05, 4.69) is 15.0 Å². The zero-order valence-electron chi connectivity index (χ0n) is 11.1. The van der Waals surface area contributed by atoms with Crippen molar-refractivity contribution in [3.8, 4) is 0 Å². The summed E-state index contributed by atoms with van der Waals surface area (Å²) in [6, 6.07) is 8.74. The van der Waals surface area contributed by atoms with Crippen LogP contribution >= 0.6 is 0 Å². The number of hydrogen-bond acceptors (Lipinski definition) is 4. The summed E-state index contributed by atoms with van der Waals surface area (Å²) in [7, 11) is -3.61. The van der Waals surface area contributed by atoms with E-state index in [0.717, 1.165) is 29.8 Å². The van der Waals surface area contributed by atoms with E-state index in [1.807, 2.05) is 19.1 Å². The number of benzene rings is 1. The second-order valence-electron chi connectivity index (χ2n) is 4.77. The summed E-state index contributed by atoms with van der Waals surface area (Å²) in [5.74, 6) is 0.362. The van der Waals surface area contributed by atoms with E-state index in [9.17, 15) is 8.42 Å². The topological polar surface area (TPSA) is 71.1 Å². The van der Waals surface area contributed by atoms with Gasteiger partial charge in [-0.15, -0.1) is 0 Å². The van der Waals surface area contributed by atoms with Crippen LogP contribution in [0.15, 0.2) is 41.4 Å². The summed E-state index contributed by atoms with van der Waals surface area (Å²) in [4.78, 5) is 4.30. The second kappa shape index (κ2) is 4.79. The van der Waals surface area contributed by atoms with Crippen molar-refractivity contribution in [2.45, 2.75) is 18.2 Å². The lowest BCUT2D eigenvalue weighted by atomic mass is 10.2. The maximum Gasteiger partial charge on any atom is 0.263 e. The van der Waals surface area contributed by atoms with Crippen LogP contribution in [0, 0.1) is 6.92 Å². The van der Waals surface area contributed by atoms with Crippen molar-refractivity contribution in [2.75, 3.05) is 16.6 Å². The van der Waals surface area contributed by atoms with Gasteiger partial charge < -0.3 is 5.32 Å². The van der Waals surface area contributed by atoms with Gasteiger partial charge in [-0.05, 0) is 42.7 Å². The molecule has 1 aromatic heterocycles. The predicted molar refractivity (Wildman–Crippen MR) is 78.4 cm³/mol. The average Bonchev–Trinajstić information content (AvgIpc) is 2.88. The van der Waals surface area contributed by atoms with Crippen molar-refractivity contribution in [1.82, 2.24) is 4.98 Å². The fourth-order valence-corrected chi connectivity index (χ4v) is 3.32. The van der Waals surface area contributed by atoms with Crippen LogP contribution in [-0.2, 0) is 16.4 Å². The van der Waals surface area contributed by atoms with Crippen molar-refractivity contribution in [1.29, 1.82) is 0 Å². The fraction of sp³-hybridized carbons (Fsp3) is 0.214. The predicted octanol–water partition coefficient (Wildman–Crippen LogP) is 2.16. The van der Waals surface area contributed by atoms with Gasteiger partial charge in [-0.2, -0.15) is 0 Å². The number of aryl methyl sites for hydroxylation is 1. The quantitative estimate of drug-likeness (QED) is 0.908. The first-order valence-electron chi connectivity index (χ1n) is 6.37. The molecule has 0 amide bonds. The number of rotatable bonds is 3. The summed E-state index contributed by atoms with van der Waals surface area (Å²) >= 11 is 0. The second-order valence-corrected chi connectivity index (χ2v) is 6.45. The number of fused-ring (bicyclic) bond motifs is 1. The van der Waals surface area contributed by atoms with Crippen LogP contribution in [0.1, 0.15) is 11.1 Å². The Morgan fingerprint density at radius 3 is 2.95 bits per heavy atom. The molecule has 0 atom stereocenters. The van der Waals surface area contributed by atoms with Gasteiger partial charge in [0.1, 0.15) is 5.82 Å². The molecule has 20 heavy (non-hydrogen) atoms. The van der Waals surface area contributed by atoms with Crippen LogP contribution in [0.4, 0.5) is 11.5 Å². The molecule has 0 saturated heterocycles. The minimum absolute atomic E-state index is 0.246. The third-order valence-electron chi connectivity index (χ3n) is 3.34. The molecule has 0 spiro atoms. The van der Waals surface area contributed by atoms with E-state index < -0.39 is 10.0 Å². The third-order valence-corrected chi connectivity index (χ3v) is 4.68. The van der Waals surface area contributed by atoms with Crippen molar-refractivity contribution >= 4 is 21.5 Å². The first-order valence-corrected chi connectivity index (χ1v) is 7.86. The molecule has 2 aromatic rings. The molecule has 6 heteroatoms. The number of anilines is 2. The van der Waals surface area contributed by atoms with Gasteiger partial charge in [0.2, 0.25) is 0 Å². The van der Waals surface area contributed by atoms with Gasteiger partial charge in [-0.3, -0.25) is 4.72 Å². The van der Waals surface area contributed by atoms with Gasteiger partial charge in [0, 0.05) is 18.4 Å². The monoisotopic (exact) mass is 289 g/mol. The Hall–Kier alpha value is -2.08. The Morgan fingerprint density at radius 1 is 1.30 bits per heavy atom. The van der Waals surface area contributed by atoms with Crippen LogP contribution in [-0.4, -0.2) is 19.9 Å². The molecule has 2 heterocycles. The number of nitrogens with zero attached hydrogens (tertiary/aromatic N) is 1. The smallest absolute Gasteiger partial charge is 0.263 e. The Balaban J connectivity index is 1.94. The lowest BCUT2D eigenvalue weighted by Crippen LogP contribution is -2.15. The van der Waals surface area contributed by atoms with Crippen molar-refractivity contribution in [3.05, 3.63) is 47.7 Å². The van der Waals surface area contributed by atoms with Crippen molar-refractivity contribution in [3.63, 3.8) is 0 Å². The molecule has 0 radical (unpaired) electrons. The standard InChI is InChI=1S/C14H15N3O2S/c1-10-3-2-7-16-14(10)17-20(18,19)12-5-4-11-6-8-15-13(11)9-12/h2-5,7,9,15H,6,8H2,1H3,(H,16,17). The molecular formula is C14H15N3O2S. The molecule has 2 N–H and O–H groups in total. The molecule has 1 aliphatic rings. The van der Waals surface area contributed by atoms with E-state index in [4.69, 9.17) is 0 Å². The van der Waals surface area contributed by atoms with Gasteiger partial charge in [0.25, 0.3) is 10.0 Å². The number of pyridine rings is 1. The largest absolute Gasteiger partial charge is 0.384 e. The molecule has 104 valence electrons. The van der Waals surface area contributed by atoms with E-state index in [-0.39, 0.29) is 4.90 Å². The van der Waals surface area contributed by atoms with Crippen LogP contribution in [0.2, 0.25) is 0 Å². The normalized spacial score (nSPS) is 13.7. The minimum Gasteiger partial charge on any atom is -0.384 e. The first-order chi connectivity index (χ1) is 9.56. The zero-order chi connectivity index (χ0) is 14.2. The highest BCUT2D eigenvalue weighted by Gasteiger charge is 2.19. The Bertz CT molecular complexity index is 757. The van der Waals surface area contributed by atoms with Crippen molar-refractivity contribution in [2.24, 2.45) is 0 Å². The number of hydrogen-bond donors (Lipinski definition) is 2. The van der Waals surface area contributed by atoms with Gasteiger partial charge in [0.15, 0.2) is 0 Å². The molecule has 0 unspecified atom stereocenters. The summed E-state index contributed by atoms with van der Waals surface area (Å²) in [6.45, 7) is 2.67. The van der Waals surface area contributed by atoms with E-state index >= 15 is 0 Å². The van der Waals surface area contributed by atoms with E-state index in [0.29, 0.717) is 5.82 Å². The minimum atomic E-state index is -3.61. The molecule has 5 nitrogen and oxygen atoms in total. The van der Waals surface area contributed by atoms with Gasteiger partial charge in [-0.25, -0.2) is 13.4 Å². The van der Waals surface area contributed by atoms with Gasteiger partial charge in [-0.1, -0.05) is 12.1 Å². The highest BCUT2D eigenvalue weighted by molar-refractivity contribution is 7.92. The molecule has 0 fully saturated rings. The number of sulfonamides is 1. The summed E-state index contributed by atoms with van der Waals surface area (Å²) < 4.78 is 27.3.